The molecule has 0 atom stereocenters. The molecule has 24 heavy (non-hydrogen) atoms. The second-order valence-corrected chi connectivity index (χ2v) is 7.59. The number of hydrogen-bond acceptors (Lipinski definition) is 2. The predicted octanol–water partition coefficient (Wildman–Crippen LogP) is 4.26. The predicted molar refractivity (Wildman–Crippen MR) is 98.6 cm³/mol. The molecule has 3 rings (SSSR count). The van der Waals surface area contributed by atoms with E-state index >= 15 is 0 Å². The van der Waals surface area contributed by atoms with Gasteiger partial charge in [0.15, 0.2) is 0 Å². The van der Waals surface area contributed by atoms with E-state index in [1.54, 1.807) is 0 Å². The van der Waals surface area contributed by atoms with E-state index in [0.29, 0.717) is 18.9 Å². The highest BCUT2D eigenvalue weighted by atomic mass is 16.1. The summed E-state index contributed by atoms with van der Waals surface area (Å²) in [4.78, 5) is 14.8. The van der Waals surface area contributed by atoms with E-state index in [2.05, 4.69) is 34.5 Å². The van der Waals surface area contributed by atoms with Crippen molar-refractivity contribution in [3.8, 4) is 0 Å². The fourth-order valence-electron chi connectivity index (χ4n) is 4.16. The lowest BCUT2D eigenvalue weighted by molar-refractivity contribution is -0.122. The molecule has 1 aliphatic carbocycles. The van der Waals surface area contributed by atoms with Crippen molar-refractivity contribution in [1.29, 1.82) is 0 Å². The molecule has 3 heteroatoms. The maximum Gasteiger partial charge on any atom is 0.220 e. The first kappa shape index (κ1) is 17.5. The Morgan fingerprint density at radius 1 is 0.958 bits per heavy atom. The normalized spacial score (nSPS) is 20.0. The number of hydrogen-bond donors (Lipinski definition) is 1. The minimum Gasteiger partial charge on any atom is -0.352 e. The summed E-state index contributed by atoms with van der Waals surface area (Å²) < 4.78 is 0. The zero-order valence-corrected chi connectivity index (χ0v) is 14.9. The Bertz CT molecular complexity index is 516. The van der Waals surface area contributed by atoms with Gasteiger partial charge in [0.05, 0.1) is 0 Å². The van der Waals surface area contributed by atoms with Crippen LogP contribution >= 0.6 is 0 Å². The fourth-order valence-corrected chi connectivity index (χ4v) is 4.16. The highest BCUT2D eigenvalue weighted by Gasteiger charge is 2.17. The van der Waals surface area contributed by atoms with E-state index in [1.807, 2.05) is 0 Å². The molecule has 1 aromatic rings. The van der Waals surface area contributed by atoms with E-state index < -0.39 is 0 Å². The van der Waals surface area contributed by atoms with Crippen LogP contribution in [-0.4, -0.2) is 23.9 Å². The van der Waals surface area contributed by atoms with Crippen LogP contribution in [0.15, 0.2) is 24.3 Å². The summed E-state index contributed by atoms with van der Waals surface area (Å²) in [6.45, 7) is 4.12. The molecule has 0 aromatic heterocycles. The van der Waals surface area contributed by atoms with Crippen LogP contribution in [0.25, 0.3) is 0 Å². The Labute approximate surface area is 146 Å². The number of amides is 1. The van der Waals surface area contributed by atoms with Crippen molar-refractivity contribution in [3.63, 3.8) is 0 Å². The summed E-state index contributed by atoms with van der Waals surface area (Å²) in [6, 6.07) is 8.59. The largest absolute Gasteiger partial charge is 0.352 e. The lowest BCUT2D eigenvalue weighted by Crippen LogP contribution is -2.30. The third-order valence-electron chi connectivity index (χ3n) is 5.64. The molecule has 0 unspecified atom stereocenters. The quantitative estimate of drug-likeness (QED) is 0.846. The first-order valence-corrected chi connectivity index (χ1v) is 9.87. The highest BCUT2D eigenvalue weighted by molar-refractivity contribution is 5.76. The molecular weight excluding hydrogens is 296 g/mol. The van der Waals surface area contributed by atoms with Crippen molar-refractivity contribution in [2.75, 3.05) is 13.1 Å². The van der Waals surface area contributed by atoms with Crippen molar-refractivity contribution >= 4 is 5.91 Å². The van der Waals surface area contributed by atoms with Gasteiger partial charge in [0.25, 0.3) is 0 Å². The lowest BCUT2D eigenvalue weighted by Gasteiger charge is -2.27. The number of carbonyl (C=O) groups excluding carboxylic acids is 1. The van der Waals surface area contributed by atoms with Crippen LogP contribution in [0.1, 0.15) is 68.9 Å². The van der Waals surface area contributed by atoms with Crippen molar-refractivity contribution < 1.29 is 4.79 Å². The molecule has 2 aliphatic rings. The number of carbonyl (C=O) groups is 1. The molecule has 1 amide bonds. The molecule has 1 saturated heterocycles. The van der Waals surface area contributed by atoms with Gasteiger partial charge in [-0.15, -0.1) is 0 Å². The molecule has 1 N–H and O–H groups in total. The molecule has 0 spiro atoms. The van der Waals surface area contributed by atoms with Gasteiger partial charge >= 0.3 is 0 Å². The molecule has 0 bridgehead atoms. The molecule has 1 aliphatic heterocycles. The topological polar surface area (TPSA) is 32.3 Å². The average molecular weight is 329 g/mol. The average Bonchev–Trinajstić information content (AvgIpc) is 2.63. The van der Waals surface area contributed by atoms with Gasteiger partial charge in [-0.1, -0.05) is 49.9 Å². The maximum absolute atomic E-state index is 12.3. The second kappa shape index (κ2) is 9.22. The number of benzene rings is 1. The highest BCUT2D eigenvalue weighted by Crippen LogP contribution is 2.26. The zero-order chi connectivity index (χ0) is 16.6. The van der Waals surface area contributed by atoms with E-state index in [4.69, 9.17) is 0 Å². The fraction of sp³-hybridized carbons (Fsp3) is 0.667. The van der Waals surface area contributed by atoms with Crippen LogP contribution in [0.4, 0.5) is 0 Å². The van der Waals surface area contributed by atoms with Crippen LogP contribution in [0.3, 0.4) is 0 Å². The molecule has 0 radical (unpaired) electrons. The van der Waals surface area contributed by atoms with Gasteiger partial charge in [0.2, 0.25) is 5.91 Å². The van der Waals surface area contributed by atoms with Crippen LogP contribution in [0, 0.1) is 5.92 Å². The molecule has 3 nitrogen and oxygen atoms in total. The Hall–Kier alpha value is -1.35. The Morgan fingerprint density at radius 3 is 2.38 bits per heavy atom. The summed E-state index contributed by atoms with van der Waals surface area (Å²) in [5.74, 6) is 0.844. The van der Waals surface area contributed by atoms with Gasteiger partial charge in [-0.25, -0.2) is 0 Å². The molecule has 132 valence electrons. The number of nitrogens with zero attached hydrogens (tertiary/aromatic N) is 1. The standard InChI is InChI=1S/C21H32N2O/c24-21(15-18-9-3-1-4-10-18)22-16-19-11-5-6-12-20(19)17-23-13-7-2-8-14-23/h5-6,11-12,18H,1-4,7-10,13-17H2,(H,22,24). The minimum atomic E-state index is 0.231. The monoisotopic (exact) mass is 328 g/mol. The van der Waals surface area contributed by atoms with Crippen LogP contribution in [-0.2, 0) is 17.9 Å². The van der Waals surface area contributed by atoms with E-state index in [9.17, 15) is 4.79 Å². The van der Waals surface area contributed by atoms with Crippen molar-refractivity contribution in [3.05, 3.63) is 35.4 Å². The third-order valence-corrected chi connectivity index (χ3v) is 5.64. The summed E-state index contributed by atoms with van der Waals surface area (Å²) in [6.07, 6.45) is 11.2. The first-order valence-electron chi connectivity index (χ1n) is 9.87. The van der Waals surface area contributed by atoms with Gasteiger partial charge < -0.3 is 5.32 Å². The van der Waals surface area contributed by atoms with Gasteiger partial charge in [0.1, 0.15) is 0 Å². The minimum absolute atomic E-state index is 0.231. The van der Waals surface area contributed by atoms with Gasteiger partial charge in [-0.05, 0) is 55.8 Å². The molecular formula is C21H32N2O. The maximum atomic E-state index is 12.3. The first-order chi connectivity index (χ1) is 11.8. The molecule has 1 aromatic carbocycles. The lowest BCUT2D eigenvalue weighted by atomic mass is 9.87. The Kier molecular flexibility index (Phi) is 6.71. The summed E-state index contributed by atoms with van der Waals surface area (Å²) in [5.41, 5.74) is 2.65. The van der Waals surface area contributed by atoms with Crippen LogP contribution in [0.5, 0.6) is 0 Å². The van der Waals surface area contributed by atoms with E-state index in [1.165, 1.54) is 75.6 Å². The van der Waals surface area contributed by atoms with Crippen molar-refractivity contribution in [2.45, 2.75) is 70.9 Å². The Morgan fingerprint density at radius 2 is 1.62 bits per heavy atom. The van der Waals surface area contributed by atoms with Gasteiger partial charge in [-0.3, -0.25) is 9.69 Å². The molecule has 1 saturated carbocycles. The number of rotatable bonds is 6. The van der Waals surface area contributed by atoms with Gasteiger partial charge in [0, 0.05) is 19.5 Å². The van der Waals surface area contributed by atoms with Gasteiger partial charge in [-0.2, -0.15) is 0 Å². The number of nitrogens with one attached hydrogen (secondary N) is 1. The van der Waals surface area contributed by atoms with E-state index in [0.717, 1.165) is 6.54 Å². The van der Waals surface area contributed by atoms with Crippen molar-refractivity contribution in [2.24, 2.45) is 5.92 Å². The second-order valence-electron chi connectivity index (χ2n) is 7.59. The third kappa shape index (κ3) is 5.34. The zero-order valence-electron chi connectivity index (χ0n) is 14.9. The van der Waals surface area contributed by atoms with Crippen LogP contribution < -0.4 is 5.32 Å². The molecule has 2 fully saturated rings. The van der Waals surface area contributed by atoms with E-state index in [-0.39, 0.29) is 5.91 Å². The smallest absolute Gasteiger partial charge is 0.220 e. The molecule has 1 heterocycles. The SMILES string of the molecule is O=C(CC1CCCCC1)NCc1ccccc1CN1CCCCC1. The summed E-state index contributed by atoms with van der Waals surface area (Å²) in [7, 11) is 0. The summed E-state index contributed by atoms with van der Waals surface area (Å²) in [5, 5.41) is 3.17. The Balaban J connectivity index is 1.49. The number of likely N-dealkylation sites (tertiary alicyclic amines) is 1. The van der Waals surface area contributed by atoms with Crippen molar-refractivity contribution in [1.82, 2.24) is 10.2 Å². The van der Waals surface area contributed by atoms with Crippen LogP contribution in [0.2, 0.25) is 0 Å². The summed E-state index contributed by atoms with van der Waals surface area (Å²) >= 11 is 0. The number of piperidine rings is 1.